The fourth-order valence-electron chi connectivity index (χ4n) is 2.37. The van der Waals surface area contributed by atoms with Gasteiger partial charge >= 0.3 is 29.6 Å². The molecule has 3 unspecified atom stereocenters. The number of ether oxygens (including phenoxy) is 1. The van der Waals surface area contributed by atoms with E-state index in [1.807, 2.05) is 0 Å². The number of hydrogen-bond acceptors (Lipinski definition) is 11. The molecule has 0 amide bonds. The van der Waals surface area contributed by atoms with Crippen LogP contribution in [-0.4, -0.2) is 52.8 Å². The monoisotopic (exact) mass is 537 g/mol. The highest BCUT2D eigenvalue weighted by atomic mass is 32.1. The Balaban J connectivity index is 2.31. The third kappa shape index (κ3) is 7.10. The van der Waals surface area contributed by atoms with Crippen LogP contribution in [0.5, 0.6) is 0 Å². The zero-order chi connectivity index (χ0) is 24.0. The van der Waals surface area contributed by atoms with Crippen LogP contribution in [0.15, 0.2) is 12.3 Å². The minimum Gasteiger partial charge on any atom is -0.387 e. The van der Waals surface area contributed by atoms with E-state index in [9.17, 15) is 36.9 Å². The van der Waals surface area contributed by atoms with Gasteiger partial charge in [0, 0.05) is 6.20 Å². The number of nitrogen functional groups attached to an aromatic ring is 1. The lowest BCUT2D eigenvalue weighted by Crippen LogP contribution is -2.38. The van der Waals surface area contributed by atoms with Crippen molar-refractivity contribution in [1.82, 2.24) is 9.55 Å². The van der Waals surface area contributed by atoms with Crippen LogP contribution in [0, 0.1) is 10.7 Å². The Morgan fingerprint density at radius 3 is 2.23 bits per heavy atom. The highest BCUT2D eigenvalue weighted by molar-refractivity contribution is 7.71. The molecule has 1 saturated heterocycles. The van der Waals surface area contributed by atoms with Crippen LogP contribution >= 0.6 is 35.7 Å². The summed E-state index contributed by atoms with van der Waals surface area (Å²) in [6.07, 6.45) is -11.7. The van der Waals surface area contributed by atoms with Crippen molar-refractivity contribution >= 4 is 41.5 Å². The molecule has 22 heteroatoms. The number of aliphatic hydroxyl groups excluding tert-OH is 1. The minimum absolute atomic E-state index is 0.159. The molecule has 1 aromatic rings. The lowest BCUT2D eigenvalue weighted by atomic mass is 10.0. The fourth-order valence-corrected chi connectivity index (χ4v) is 5.74. The number of aliphatic hydroxyl groups is 1. The maximum absolute atomic E-state index is 13.5. The van der Waals surface area contributed by atoms with Crippen LogP contribution in [-0.2, 0) is 31.6 Å². The van der Waals surface area contributed by atoms with Crippen molar-refractivity contribution in [3.05, 3.63) is 17.0 Å². The SMILES string of the molecule is Nc1ccn([C@@H]2O[C@H](OP(=O)(O)OP(=O)(O)OP(=O)(O)O)[C@H](O)C2C(F)(F)F)c(=S)n1. The van der Waals surface area contributed by atoms with Crippen LogP contribution < -0.4 is 5.73 Å². The number of phosphoric acid groups is 3. The molecule has 6 atom stereocenters. The fraction of sp³-hybridized carbons (Fsp3) is 0.556. The number of nitrogens with zero attached hydrogens (tertiary/aromatic N) is 2. The standard InChI is InChI=1S/C9H13F3N3O12P3S/c10-9(11,12)4-5(16)7(24-6(4)15-2-1-3(13)14-8(15)31)25-29(20,21)27-30(22,23)26-28(17,18)19/h1-2,4-7,16H,(H,20,21)(H,22,23)(H2,13,14,31)(H2,17,18,19)/t4?,5-,6-,7-/m1/s1. The largest absolute Gasteiger partial charge is 0.490 e. The van der Waals surface area contributed by atoms with Crippen molar-refractivity contribution in [3.63, 3.8) is 0 Å². The van der Waals surface area contributed by atoms with Crippen LogP contribution in [0.4, 0.5) is 19.0 Å². The number of nitrogens with two attached hydrogens (primary N) is 1. The van der Waals surface area contributed by atoms with Gasteiger partial charge in [-0.3, -0.25) is 9.09 Å². The summed E-state index contributed by atoms with van der Waals surface area (Å²) in [5, 5.41) is 9.97. The number of anilines is 1. The molecule has 15 nitrogen and oxygen atoms in total. The Morgan fingerprint density at radius 1 is 1.16 bits per heavy atom. The third-order valence-electron chi connectivity index (χ3n) is 3.38. The minimum atomic E-state index is -5.95. The highest BCUT2D eigenvalue weighted by Gasteiger charge is 2.60. The van der Waals surface area contributed by atoms with Crippen LogP contribution in [0.1, 0.15) is 6.23 Å². The molecule has 2 rings (SSSR count). The van der Waals surface area contributed by atoms with Gasteiger partial charge in [0.05, 0.1) is 0 Å². The molecule has 0 radical (unpaired) electrons. The Hall–Kier alpha value is -0.780. The molecule has 178 valence electrons. The van der Waals surface area contributed by atoms with Gasteiger partial charge in [0.2, 0.25) is 4.77 Å². The predicted molar refractivity (Wildman–Crippen MR) is 91.9 cm³/mol. The van der Waals surface area contributed by atoms with Gasteiger partial charge in [-0.1, -0.05) is 0 Å². The lowest BCUT2D eigenvalue weighted by molar-refractivity contribution is -0.211. The Bertz CT molecular complexity index is 1030. The predicted octanol–water partition coefficient (Wildman–Crippen LogP) is 0.932. The van der Waals surface area contributed by atoms with Crippen LogP contribution in [0.3, 0.4) is 0 Å². The highest BCUT2D eigenvalue weighted by Crippen LogP contribution is 2.67. The molecular weight excluding hydrogens is 524 g/mol. The molecular formula is C9H13F3N3O12P3S. The van der Waals surface area contributed by atoms with E-state index in [0.29, 0.717) is 4.57 Å². The molecule has 2 heterocycles. The van der Waals surface area contributed by atoms with Crippen molar-refractivity contribution < 1.29 is 69.4 Å². The number of phosphoric ester groups is 1. The van der Waals surface area contributed by atoms with Crippen LogP contribution in [0.25, 0.3) is 0 Å². The van der Waals surface area contributed by atoms with E-state index in [1.54, 1.807) is 0 Å². The van der Waals surface area contributed by atoms with Gasteiger partial charge in [-0.05, 0) is 18.3 Å². The number of hydrogen-bond donors (Lipinski definition) is 6. The maximum atomic E-state index is 13.5. The summed E-state index contributed by atoms with van der Waals surface area (Å²) in [6, 6.07) is 1.04. The Labute approximate surface area is 174 Å². The first kappa shape index (κ1) is 26.5. The van der Waals surface area contributed by atoms with Crippen molar-refractivity contribution in [3.8, 4) is 0 Å². The summed E-state index contributed by atoms with van der Waals surface area (Å²) in [5.74, 6) is -2.96. The van der Waals surface area contributed by atoms with Crippen molar-refractivity contribution in [2.75, 3.05) is 5.73 Å². The molecule has 0 bridgehead atoms. The van der Waals surface area contributed by atoms with Gasteiger partial charge in [0.1, 0.15) is 17.8 Å². The van der Waals surface area contributed by atoms with E-state index in [4.69, 9.17) is 37.4 Å². The molecule has 0 aliphatic carbocycles. The first-order valence-corrected chi connectivity index (χ1v) is 12.3. The quantitative estimate of drug-likeness (QED) is 0.210. The normalized spacial score (nSPS) is 28.8. The van der Waals surface area contributed by atoms with Gasteiger partial charge in [-0.2, -0.15) is 21.8 Å². The molecule has 7 N–H and O–H groups in total. The van der Waals surface area contributed by atoms with Crippen molar-refractivity contribution in [1.29, 1.82) is 0 Å². The summed E-state index contributed by atoms with van der Waals surface area (Å²) in [7, 11) is -17.6. The first-order valence-electron chi connectivity index (χ1n) is 7.38. The van der Waals surface area contributed by atoms with Gasteiger partial charge in [0.15, 0.2) is 12.5 Å². The first-order chi connectivity index (χ1) is 13.8. The summed E-state index contributed by atoms with van der Waals surface area (Å²) in [4.78, 5) is 39.0. The number of rotatable bonds is 7. The summed E-state index contributed by atoms with van der Waals surface area (Å²) >= 11 is 4.77. The van der Waals surface area contributed by atoms with Gasteiger partial charge in [-0.15, -0.1) is 0 Å². The summed E-state index contributed by atoms with van der Waals surface area (Å²) in [5.41, 5.74) is 5.35. The smallest absolute Gasteiger partial charge is 0.387 e. The second kappa shape index (κ2) is 8.87. The zero-order valence-corrected chi connectivity index (χ0v) is 17.9. The molecule has 1 aliphatic heterocycles. The number of aromatic nitrogens is 2. The van der Waals surface area contributed by atoms with E-state index < -0.39 is 59.0 Å². The van der Waals surface area contributed by atoms with E-state index in [2.05, 4.69) is 18.1 Å². The lowest BCUT2D eigenvalue weighted by Gasteiger charge is -2.24. The third-order valence-corrected chi connectivity index (χ3v) is 7.49. The molecule has 31 heavy (non-hydrogen) atoms. The molecule has 0 aromatic carbocycles. The van der Waals surface area contributed by atoms with E-state index in [1.165, 1.54) is 0 Å². The molecule has 1 aromatic heterocycles. The van der Waals surface area contributed by atoms with Gasteiger partial charge in [-0.25, -0.2) is 18.7 Å². The van der Waals surface area contributed by atoms with Gasteiger partial charge < -0.3 is 35.2 Å². The summed E-state index contributed by atoms with van der Waals surface area (Å²) < 4.78 is 90.1. The molecule has 0 saturated carbocycles. The number of halogens is 3. The maximum Gasteiger partial charge on any atom is 0.490 e. The topological polar surface area (TPSA) is 233 Å². The second-order valence-corrected chi connectivity index (χ2v) is 10.4. The van der Waals surface area contributed by atoms with Crippen LogP contribution in [0.2, 0.25) is 0 Å². The van der Waals surface area contributed by atoms with Crippen molar-refractivity contribution in [2.24, 2.45) is 5.92 Å². The Morgan fingerprint density at radius 2 is 1.74 bits per heavy atom. The van der Waals surface area contributed by atoms with E-state index in [-0.39, 0.29) is 5.82 Å². The van der Waals surface area contributed by atoms with E-state index >= 15 is 0 Å². The Kier molecular flexibility index (Phi) is 7.57. The van der Waals surface area contributed by atoms with Crippen molar-refractivity contribution in [2.45, 2.75) is 24.8 Å². The second-order valence-electron chi connectivity index (χ2n) is 5.69. The summed E-state index contributed by atoms with van der Waals surface area (Å²) in [6.45, 7) is 0. The van der Waals surface area contributed by atoms with Gasteiger partial charge in [0.25, 0.3) is 0 Å². The number of alkyl halides is 3. The zero-order valence-electron chi connectivity index (χ0n) is 14.4. The molecule has 0 spiro atoms. The molecule has 1 fully saturated rings. The molecule has 1 aliphatic rings. The average Bonchev–Trinajstić information content (AvgIpc) is 2.78. The van der Waals surface area contributed by atoms with E-state index in [0.717, 1.165) is 12.3 Å². The average molecular weight is 537 g/mol.